The lowest BCUT2D eigenvalue weighted by Gasteiger charge is -2.15. The zero-order valence-corrected chi connectivity index (χ0v) is 13.6. The van der Waals surface area contributed by atoms with Gasteiger partial charge in [-0.1, -0.05) is 61.9 Å². The summed E-state index contributed by atoms with van der Waals surface area (Å²) in [5.74, 6) is -1.01. The fourth-order valence-corrected chi connectivity index (χ4v) is 3.93. The predicted octanol–water partition coefficient (Wildman–Crippen LogP) is 4.18. The fourth-order valence-electron chi connectivity index (χ4n) is 2.29. The number of allylic oxidation sites excluding steroid dienone is 1. The number of sulfone groups is 1. The maximum atomic E-state index is 14.8. The monoisotopic (exact) mass is 334 g/mol. The average molecular weight is 334 g/mol. The third kappa shape index (κ3) is 3.86. The van der Waals surface area contributed by atoms with Crippen molar-refractivity contribution < 1.29 is 17.9 Å². The minimum Gasteiger partial charge on any atom is -0.381 e. The van der Waals surface area contributed by atoms with E-state index in [0.717, 1.165) is 0 Å². The molecule has 0 aliphatic carbocycles. The van der Waals surface area contributed by atoms with Gasteiger partial charge in [-0.2, -0.15) is 0 Å². The maximum absolute atomic E-state index is 14.8. The predicted molar refractivity (Wildman–Crippen MR) is 88.1 cm³/mol. The van der Waals surface area contributed by atoms with Gasteiger partial charge in [0.15, 0.2) is 0 Å². The Labute approximate surface area is 136 Å². The first-order valence-corrected chi connectivity index (χ1v) is 8.88. The molecule has 2 aromatic rings. The number of halogens is 1. The molecule has 0 fully saturated rings. The minimum atomic E-state index is -3.97. The second-order valence-electron chi connectivity index (χ2n) is 5.15. The number of aliphatic hydroxyl groups excluding tert-OH is 1. The third-order valence-electron chi connectivity index (χ3n) is 3.48. The highest BCUT2D eigenvalue weighted by Gasteiger charge is 2.28. The second kappa shape index (κ2) is 7.53. The summed E-state index contributed by atoms with van der Waals surface area (Å²) in [6.45, 7) is 1.77. The van der Waals surface area contributed by atoms with E-state index in [1.807, 2.05) is 0 Å². The smallest absolute Gasteiger partial charge is 0.205 e. The second-order valence-corrected chi connectivity index (χ2v) is 7.12. The van der Waals surface area contributed by atoms with E-state index in [2.05, 4.69) is 0 Å². The van der Waals surface area contributed by atoms with Crippen molar-refractivity contribution in [2.45, 2.75) is 30.8 Å². The fraction of sp³-hybridized carbons (Fsp3) is 0.222. The van der Waals surface area contributed by atoms with Crippen molar-refractivity contribution in [3.8, 4) is 0 Å². The Morgan fingerprint density at radius 2 is 1.57 bits per heavy atom. The molecule has 1 unspecified atom stereocenters. The van der Waals surface area contributed by atoms with Crippen LogP contribution < -0.4 is 0 Å². The molecule has 122 valence electrons. The SMILES string of the molecule is CCCC(=C(F)C(O)c1ccccc1)S(=O)(=O)c1ccccc1. The van der Waals surface area contributed by atoms with Crippen molar-refractivity contribution in [2.24, 2.45) is 0 Å². The van der Waals surface area contributed by atoms with Crippen molar-refractivity contribution in [3.63, 3.8) is 0 Å². The van der Waals surface area contributed by atoms with Gasteiger partial charge in [0.05, 0.1) is 9.80 Å². The number of aliphatic hydroxyl groups is 1. The van der Waals surface area contributed by atoms with E-state index in [1.165, 1.54) is 12.1 Å². The topological polar surface area (TPSA) is 54.4 Å². The van der Waals surface area contributed by atoms with E-state index in [4.69, 9.17) is 0 Å². The summed E-state index contributed by atoms with van der Waals surface area (Å²) in [7, 11) is -3.97. The molecule has 0 radical (unpaired) electrons. The molecule has 0 heterocycles. The van der Waals surface area contributed by atoms with Gasteiger partial charge in [-0.25, -0.2) is 12.8 Å². The summed E-state index contributed by atoms with van der Waals surface area (Å²) < 4.78 is 40.1. The largest absolute Gasteiger partial charge is 0.381 e. The molecule has 5 heteroatoms. The Bertz CT molecular complexity index is 768. The van der Waals surface area contributed by atoms with Gasteiger partial charge in [-0.05, 0) is 24.1 Å². The van der Waals surface area contributed by atoms with Crippen molar-refractivity contribution in [1.29, 1.82) is 0 Å². The Kier molecular flexibility index (Phi) is 5.69. The zero-order chi connectivity index (χ0) is 16.9. The number of benzene rings is 2. The maximum Gasteiger partial charge on any atom is 0.205 e. The molecule has 3 nitrogen and oxygen atoms in total. The molecule has 2 aromatic carbocycles. The van der Waals surface area contributed by atoms with Crippen LogP contribution in [0.3, 0.4) is 0 Å². The van der Waals surface area contributed by atoms with Crippen LogP contribution in [0.1, 0.15) is 31.4 Å². The molecule has 0 amide bonds. The van der Waals surface area contributed by atoms with Crippen molar-refractivity contribution in [2.75, 3.05) is 0 Å². The molecule has 0 spiro atoms. The van der Waals surface area contributed by atoms with E-state index < -0.39 is 21.8 Å². The molecule has 1 N–H and O–H groups in total. The molecule has 23 heavy (non-hydrogen) atoms. The van der Waals surface area contributed by atoms with Crippen LogP contribution in [0.15, 0.2) is 76.3 Å². The van der Waals surface area contributed by atoms with Crippen molar-refractivity contribution in [3.05, 3.63) is 77.0 Å². The summed E-state index contributed by atoms with van der Waals surface area (Å²) in [5, 5.41) is 10.2. The average Bonchev–Trinajstić information content (AvgIpc) is 2.60. The van der Waals surface area contributed by atoms with Gasteiger partial charge in [0.25, 0.3) is 0 Å². The van der Waals surface area contributed by atoms with E-state index in [1.54, 1.807) is 55.5 Å². The Morgan fingerprint density at radius 3 is 2.09 bits per heavy atom. The molecule has 1 atom stereocenters. The van der Waals surface area contributed by atoms with Gasteiger partial charge in [-0.3, -0.25) is 0 Å². The molecular formula is C18H19FO3S. The van der Waals surface area contributed by atoms with Crippen LogP contribution >= 0.6 is 0 Å². The highest BCUT2D eigenvalue weighted by atomic mass is 32.2. The van der Waals surface area contributed by atoms with Gasteiger partial charge in [0.1, 0.15) is 11.9 Å². The highest BCUT2D eigenvalue weighted by Crippen LogP contribution is 2.33. The normalized spacial score (nSPS) is 14.2. The van der Waals surface area contributed by atoms with Crippen LogP contribution in [-0.4, -0.2) is 13.5 Å². The van der Waals surface area contributed by atoms with Crippen LogP contribution in [-0.2, 0) is 9.84 Å². The Morgan fingerprint density at radius 1 is 1.04 bits per heavy atom. The van der Waals surface area contributed by atoms with E-state index in [-0.39, 0.29) is 16.2 Å². The van der Waals surface area contributed by atoms with Crippen molar-refractivity contribution >= 4 is 9.84 Å². The number of hydrogen-bond donors (Lipinski definition) is 1. The van der Waals surface area contributed by atoms with Gasteiger partial charge in [-0.15, -0.1) is 0 Å². The van der Waals surface area contributed by atoms with Gasteiger partial charge < -0.3 is 5.11 Å². The molecule has 0 saturated heterocycles. The number of rotatable bonds is 6. The summed E-state index contributed by atoms with van der Waals surface area (Å²) >= 11 is 0. The molecule has 0 saturated carbocycles. The lowest BCUT2D eigenvalue weighted by molar-refractivity contribution is 0.184. The minimum absolute atomic E-state index is 0.0267. The van der Waals surface area contributed by atoms with Crippen LogP contribution in [0.4, 0.5) is 4.39 Å². The first-order valence-electron chi connectivity index (χ1n) is 7.40. The van der Waals surface area contributed by atoms with Gasteiger partial charge in [0, 0.05) is 0 Å². The first kappa shape index (κ1) is 17.4. The molecule has 0 aliphatic rings. The Hall–Kier alpha value is -1.98. The molecule has 2 rings (SSSR count). The van der Waals surface area contributed by atoms with E-state index in [9.17, 15) is 17.9 Å². The highest BCUT2D eigenvalue weighted by molar-refractivity contribution is 7.95. The first-order chi connectivity index (χ1) is 11.0. The van der Waals surface area contributed by atoms with Crippen LogP contribution in [0.2, 0.25) is 0 Å². The number of hydrogen-bond acceptors (Lipinski definition) is 3. The molecule has 0 aromatic heterocycles. The summed E-state index contributed by atoms with van der Waals surface area (Å²) in [6.07, 6.45) is -1.10. The quantitative estimate of drug-likeness (QED) is 0.862. The van der Waals surface area contributed by atoms with Crippen LogP contribution in [0, 0.1) is 0 Å². The lowest BCUT2D eigenvalue weighted by atomic mass is 10.1. The molecule has 0 aliphatic heterocycles. The zero-order valence-electron chi connectivity index (χ0n) is 12.8. The van der Waals surface area contributed by atoms with E-state index in [0.29, 0.717) is 12.0 Å². The summed E-state index contributed by atoms with van der Waals surface area (Å²) in [4.78, 5) is -0.332. The summed E-state index contributed by atoms with van der Waals surface area (Å²) in [6, 6.07) is 15.9. The van der Waals surface area contributed by atoms with Crippen LogP contribution in [0.5, 0.6) is 0 Å². The summed E-state index contributed by atoms with van der Waals surface area (Å²) in [5.41, 5.74) is 0.321. The van der Waals surface area contributed by atoms with E-state index >= 15 is 0 Å². The lowest BCUT2D eigenvalue weighted by Crippen LogP contribution is -2.10. The van der Waals surface area contributed by atoms with Crippen molar-refractivity contribution in [1.82, 2.24) is 0 Å². The van der Waals surface area contributed by atoms with Crippen LogP contribution in [0.25, 0.3) is 0 Å². The molecular weight excluding hydrogens is 315 g/mol. The molecule has 0 bridgehead atoms. The Balaban J connectivity index is 2.52. The van der Waals surface area contributed by atoms with Gasteiger partial charge in [0.2, 0.25) is 9.84 Å². The van der Waals surface area contributed by atoms with Gasteiger partial charge >= 0.3 is 0 Å². The standard InChI is InChI=1S/C18H19FO3S/c1-2-9-16(23(21,22)15-12-7-4-8-13-15)17(19)18(20)14-10-5-3-6-11-14/h3-8,10-13,18,20H,2,9H2,1H3. The third-order valence-corrected chi connectivity index (χ3v) is 5.42.